The number of carbonyl (C=O) groups is 1. The fraction of sp³-hybridized carbons (Fsp3) is 0.500. The minimum atomic E-state index is -0.0681. The zero-order chi connectivity index (χ0) is 12.3. The number of ketones is 1. The van der Waals surface area contributed by atoms with Gasteiger partial charge in [0.05, 0.1) is 0 Å². The van der Waals surface area contributed by atoms with Crippen molar-refractivity contribution in [3.63, 3.8) is 0 Å². The second kappa shape index (κ2) is 5.26. The zero-order valence-electron chi connectivity index (χ0n) is 10.6. The Hall–Kier alpha value is -1.15. The van der Waals surface area contributed by atoms with Crippen molar-refractivity contribution in [2.75, 3.05) is 6.54 Å². The predicted molar refractivity (Wildman–Crippen MR) is 67.6 cm³/mol. The van der Waals surface area contributed by atoms with E-state index in [9.17, 15) is 4.79 Å². The monoisotopic (exact) mass is 219 g/mol. The van der Waals surface area contributed by atoms with Crippen molar-refractivity contribution in [2.24, 2.45) is 17.6 Å². The zero-order valence-corrected chi connectivity index (χ0v) is 10.6. The first-order chi connectivity index (χ1) is 7.47. The van der Waals surface area contributed by atoms with E-state index in [-0.39, 0.29) is 11.7 Å². The molecule has 1 atom stereocenters. The van der Waals surface area contributed by atoms with Crippen LogP contribution < -0.4 is 5.73 Å². The Kier molecular flexibility index (Phi) is 4.25. The lowest BCUT2D eigenvalue weighted by atomic mass is 9.86. The van der Waals surface area contributed by atoms with E-state index in [1.54, 1.807) is 0 Å². The van der Waals surface area contributed by atoms with E-state index < -0.39 is 0 Å². The first kappa shape index (κ1) is 12.9. The van der Waals surface area contributed by atoms with Gasteiger partial charge in [-0.2, -0.15) is 0 Å². The number of hydrogen-bond donors (Lipinski definition) is 1. The summed E-state index contributed by atoms with van der Waals surface area (Å²) in [5, 5.41) is 0. The van der Waals surface area contributed by atoms with Crippen LogP contribution in [0.3, 0.4) is 0 Å². The van der Waals surface area contributed by atoms with Gasteiger partial charge < -0.3 is 5.73 Å². The van der Waals surface area contributed by atoms with Crippen LogP contribution in [-0.4, -0.2) is 12.3 Å². The molecular formula is C14H21NO. The first-order valence-electron chi connectivity index (χ1n) is 5.79. The van der Waals surface area contributed by atoms with Crippen LogP contribution >= 0.6 is 0 Å². The summed E-state index contributed by atoms with van der Waals surface area (Å²) in [4.78, 5) is 12.3. The highest BCUT2D eigenvalue weighted by Crippen LogP contribution is 2.19. The number of hydrogen-bond acceptors (Lipinski definition) is 2. The topological polar surface area (TPSA) is 43.1 Å². The van der Waals surface area contributed by atoms with Crippen molar-refractivity contribution < 1.29 is 4.79 Å². The number of Topliss-reactive ketones (excluding diaryl/α,β-unsaturated/α-hetero) is 1. The Labute approximate surface area is 97.9 Å². The molecule has 1 rings (SSSR count). The smallest absolute Gasteiger partial charge is 0.167 e. The molecule has 2 N–H and O–H groups in total. The van der Waals surface area contributed by atoms with Crippen LogP contribution in [0.25, 0.3) is 0 Å². The third-order valence-corrected chi connectivity index (χ3v) is 3.04. The molecule has 1 aromatic carbocycles. The Morgan fingerprint density at radius 2 is 1.94 bits per heavy atom. The third-order valence-electron chi connectivity index (χ3n) is 3.04. The molecule has 0 amide bonds. The van der Waals surface area contributed by atoms with Gasteiger partial charge in [-0.15, -0.1) is 0 Å². The van der Waals surface area contributed by atoms with Crippen LogP contribution in [0.1, 0.15) is 35.3 Å². The second-order valence-electron chi connectivity index (χ2n) is 4.77. The molecule has 0 aliphatic heterocycles. The largest absolute Gasteiger partial charge is 0.330 e. The Balaban J connectivity index is 3.04. The van der Waals surface area contributed by atoms with E-state index in [1.165, 1.54) is 5.56 Å². The van der Waals surface area contributed by atoms with Gasteiger partial charge >= 0.3 is 0 Å². The van der Waals surface area contributed by atoms with E-state index in [0.717, 1.165) is 11.1 Å². The predicted octanol–water partition coefficient (Wildman–Crippen LogP) is 2.72. The van der Waals surface area contributed by atoms with Crippen molar-refractivity contribution >= 4 is 5.78 Å². The molecule has 0 aromatic heterocycles. The van der Waals surface area contributed by atoms with Gasteiger partial charge in [0.2, 0.25) is 0 Å². The summed E-state index contributed by atoms with van der Waals surface area (Å²) in [6.07, 6.45) is 0. The van der Waals surface area contributed by atoms with Crippen molar-refractivity contribution in [1.82, 2.24) is 0 Å². The minimum absolute atomic E-state index is 0.0681. The average Bonchev–Trinajstić information content (AvgIpc) is 2.17. The maximum atomic E-state index is 12.3. The summed E-state index contributed by atoms with van der Waals surface area (Å²) in [6.45, 7) is 8.51. The molecule has 1 unspecified atom stereocenters. The van der Waals surface area contributed by atoms with Crippen LogP contribution in [-0.2, 0) is 0 Å². The molecule has 0 aliphatic carbocycles. The third kappa shape index (κ3) is 2.70. The van der Waals surface area contributed by atoms with Gasteiger partial charge in [0.1, 0.15) is 0 Å². The van der Waals surface area contributed by atoms with Gasteiger partial charge in [0.15, 0.2) is 5.78 Å². The van der Waals surface area contributed by atoms with Crippen LogP contribution in [0.4, 0.5) is 0 Å². The van der Waals surface area contributed by atoms with Crippen LogP contribution in [0.15, 0.2) is 18.2 Å². The molecule has 1 aromatic rings. The highest BCUT2D eigenvalue weighted by Gasteiger charge is 2.22. The minimum Gasteiger partial charge on any atom is -0.330 e. The quantitative estimate of drug-likeness (QED) is 0.791. The van der Waals surface area contributed by atoms with Gasteiger partial charge in [0, 0.05) is 18.0 Å². The van der Waals surface area contributed by atoms with Gasteiger partial charge in [-0.05, 0) is 25.3 Å². The van der Waals surface area contributed by atoms with Gasteiger partial charge in [-0.25, -0.2) is 0 Å². The molecule has 0 saturated heterocycles. The summed E-state index contributed by atoms with van der Waals surface area (Å²) >= 11 is 0. The van der Waals surface area contributed by atoms with E-state index in [0.29, 0.717) is 12.5 Å². The molecule has 0 fully saturated rings. The first-order valence-corrected chi connectivity index (χ1v) is 5.79. The highest BCUT2D eigenvalue weighted by atomic mass is 16.1. The van der Waals surface area contributed by atoms with Gasteiger partial charge in [0.25, 0.3) is 0 Å². The van der Waals surface area contributed by atoms with Crippen LogP contribution in [0.5, 0.6) is 0 Å². The lowest BCUT2D eigenvalue weighted by Crippen LogP contribution is -2.28. The van der Waals surface area contributed by atoms with Gasteiger partial charge in [-0.1, -0.05) is 37.6 Å². The Morgan fingerprint density at radius 1 is 1.31 bits per heavy atom. The fourth-order valence-corrected chi connectivity index (χ4v) is 1.97. The Bertz CT molecular complexity index is 382. The summed E-state index contributed by atoms with van der Waals surface area (Å²) in [5.41, 5.74) is 8.71. The molecule has 2 heteroatoms. The van der Waals surface area contributed by atoms with Crippen molar-refractivity contribution in [1.29, 1.82) is 0 Å². The molecule has 2 nitrogen and oxygen atoms in total. The van der Waals surface area contributed by atoms with Crippen molar-refractivity contribution in [2.45, 2.75) is 27.7 Å². The summed E-state index contributed by atoms with van der Waals surface area (Å²) in [6, 6.07) is 5.94. The fourth-order valence-electron chi connectivity index (χ4n) is 1.97. The van der Waals surface area contributed by atoms with E-state index in [1.807, 2.05) is 45.9 Å². The molecule has 0 spiro atoms. The molecule has 0 saturated carbocycles. The normalized spacial score (nSPS) is 12.9. The van der Waals surface area contributed by atoms with Crippen molar-refractivity contribution in [3.05, 3.63) is 34.9 Å². The number of carbonyl (C=O) groups excluding carboxylic acids is 1. The lowest BCUT2D eigenvalue weighted by Gasteiger charge is -2.18. The molecule has 0 radical (unpaired) electrons. The summed E-state index contributed by atoms with van der Waals surface area (Å²) in [7, 11) is 0. The SMILES string of the molecule is Cc1ccc(C(=O)C(CN)C(C)C)c(C)c1. The van der Waals surface area contributed by atoms with Crippen LogP contribution in [0, 0.1) is 25.7 Å². The molecule has 88 valence electrons. The van der Waals surface area contributed by atoms with Gasteiger partial charge in [-0.3, -0.25) is 4.79 Å². The summed E-state index contributed by atoms with van der Waals surface area (Å²) < 4.78 is 0. The molecule has 0 aliphatic rings. The molecule has 0 bridgehead atoms. The average molecular weight is 219 g/mol. The maximum Gasteiger partial charge on any atom is 0.167 e. The number of rotatable bonds is 4. The maximum absolute atomic E-state index is 12.3. The summed E-state index contributed by atoms with van der Waals surface area (Å²) in [5.74, 6) is 0.398. The molecular weight excluding hydrogens is 198 g/mol. The Morgan fingerprint density at radius 3 is 2.38 bits per heavy atom. The van der Waals surface area contributed by atoms with Crippen LogP contribution in [0.2, 0.25) is 0 Å². The number of aryl methyl sites for hydroxylation is 2. The molecule has 0 heterocycles. The van der Waals surface area contributed by atoms with E-state index in [2.05, 4.69) is 0 Å². The number of nitrogens with two attached hydrogens (primary N) is 1. The standard InChI is InChI=1S/C14H21NO/c1-9(2)13(8-15)14(16)12-6-5-10(3)7-11(12)4/h5-7,9,13H,8,15H2,1-4H3. The lowest BCUT2D eigenvalue weighted by molar-refractivity contribution is 0.0891. The van der Waals surface area contributed by atoms with Crippen molar-refractivity contribution in [3.8, 4) is 0 Å². The number of benzene rings is 1. The van der Waals surface area contributed by atoms with E-state index >= 15 is 0 Å². The second-order valence-corrected chi connectivity index (χ2v) is 4.77. The molecule has 16 heavy (non-hydrogen) atoms. The van der Waals surface area contributed by atoms with E-state index in [4.69, 9.17) is 5.73 Å². The highest BCUT2D eigenvalue weighted by molar-refractivity contribution is 5.99.